The summed E-state index contributed by atoms with van der Waals surface area (Å²) in [7, 11) is 0. The summed E-state index contributed by atoms with van der Waals surface area (Å²) < 4.78 is 0. The minimum atomic E-state index is 0.458. The van der Waals surface area contributed by atoms with Crippen LogP contribution in [0.15, 0.2) is 18.3 Å². The molecule has 3 aliphatic heterocycles. The number of nitrogens with one attached hydrogen (secondary N) is 1. The van der Waals surface area contributed by atoms with Crippen molar-refractivity contribution in [2.45, 2.75) is 18.9 Å². The van der Waals surface area contributed by atoms with Crippen LogP contribution in [0.2, 0.25) is 0 Å². The van der Waals surface area contributed by atoms with Gasteiger partial charge in [0.25, 0.3) is 0 Å². The van der Waals surface area contributed by atoms with Gasteiger partial charge >= 0.3 is 0 Å². The Hall–Kier alpha value is -1.60. The second-order valence-electron chi connectivity index (χ2n) is 4.90. The van der Waals surface area contributed by atoms with Crippen LogP contribution in [0.25, 0.3) is 0 Å². The van der Waals surface area contributed by atoms with E-state index in [1.54, 1.807) is 12.3 Å². The Bertz CT molecular complexity index is 443. The molecule has 0 radical (unpaired) electrons. The topological polar surface area (TPSA) is 52.0 Å². The Morgan fingerprint density at radius 3 is 2.88 bits per heavy atom. The summed E-state index contributed by atoms with van der Waals surface area (Å²) >= 11 is 0. The van der Waals surface area contributed by atoms with Crippen molar-refractivity contribution < 1.29 is 0 Å². The third kappa shape index (κ3) is 1.98. The maximum absolute atomic E-state index is 9.04. The minimum absolute atomic E-state index is 0.458. The van der Waals surface area contributed by atoms with E-state index in [0.717, 1.165) is 18.3 Å². The van der Waals surface area contributed by atoms with E-state index in [2.05, 4.69) is 21.3 Å². The minimum Gasteiger partial charge on any atom is -0.365 e. The van der Waals surface area contributed by atoms with Crippen molar-refractivity contribution in [3.8, 4) is 6.07 Å². The number of nitrogens with zero attached hydrogens (tertiary/aromatic N) is 3. The molecule has 4 rings (SSSR count). The van der Waals surface area contributed by atoms with Crippen LogP contribution in [-0.4, -0.2) is 35.6 Å². The Morgan fingerprint density at radius 2 is 2.24 bits per heavy atom. The standard InChI is InChI=1S/C13H16N4/c14-8-11-2-1-5-15-13(11)16-12-9-17-6-3-10(12)4-7-17/h1-2,5,10,12H,3-4,6-7,9H2,(H,15,16). The van der Waals surface area contributed by atoms with Crippen molar-refractivity contribution in [3.63, 3.8) is 0 Å². The molecule has 1 aromatic rings. The van der Waals surface area contributed by atoms with E-state index in [1.165, 1.54) is 25.9 Å². The lowest BCUT2D eigenvalue weighted by Crippen LogP contribution is -2.53. The van der Waals surface area contributed by atoms with Gasteiger partial charge in [-0.15, -0.1) is 0 Å². The van der Waals surface area contributed by atoms with Crippen LogP contribution < -0.4 is 5.32 Å². The predicted octanol–water partition coefficient (Wildman–Crippen LogP) is 1.46. The van der Waals surface area contributed by atoms with Crippen LogP contribution in [0.5, 0.6) is 0 Å². The fraction of sp³-hybridized carbons (Fsp3) is 0.538. The van der Waals surface area contributed by atoms with Gasteiger partial charge in [-0.05, 0) is 44.0 Å². The number of pyridine rings is 1. The van der Waals surface area contributed by atoms with Gasteiger partial charge in [0.15, 0.2) is 0 Å². The van der Waals surface area contributed by atoms with Gasteiger partial charge in [-0.25, -0.2) is 4.98 Å². The zero-order valence-electron chi connectivity index (χ0n) is 9.76. The van der Waals surface area contributed by atoms with Gasteiger partial charge in [-0.2, -0.15) is 5.26 Å². The number of hydrogen-bond donors (Lipinski definition) is 1. The summed E-state index contributed by atoms with van der Waals surface area (Å²) in [5.41, 5.74) is 0.643. The highest BCUT2D eigenvalue weighted by Crippen LogP contribution is 2.29. The van der Waals surface area contributed by atoms with Crippen molar-refractivity contribution in [1.82, 2.24) is 9.88 Å². The van der Waals surface area contributed by atoms with E-state index in [9.17, 15) is 0 Å². The van der Waals surface area contributed by atoms with Gasteiger partial charge in [-0.1, -0.05) is 0 Å². The molecule has 2 bridgehead atoms. The van der Waals surface area contributed by atoms with Crippen molar-refractivity contribution in [2.75, 3.05) is 25.0 Å². The Balaban J connectivity index is 1.77. The average Bonchev–Trinajstić information content (AvgIpc) is 2.41. The molecule has 17 heavy (non-hydrogen) atoms. The quantitative estimate of drug-likeness (QED) is 0.832. The third-order valence-corrected chi connectivity index (χ3v) is 3.91. The molecule has 0 amide bonds. The Morgan fingerprint density at radius 1 is 1.41 bits per heavy atom. The highest BCUT2D eigenvalue weighted by Gasteiger charge is 2.34. The molecule has 3 aliphatic rings. The molecule has 4 heteroatoms. The summed E-state index contributed by atoms with van der Waals surface area (Å²) in [4.78, 5) is 6.77. The van der Waals surface area contributed by atoms with E-state index in [4.69, 9.17) is 5.26 Å². The van der Waals surface area contributed by atoms with Gasteiger partial charge in [0.1, 0.15) is 11.9 Å². The van der Waals surface area contributed by atoms with Crippen molar-refractivity contribution >= 4 is 5.82 Å². The first-order valence-corrected chi connectivity index (χ1v) is 6.21. The van der Waals surface area contributed by atoms with Crippen LogP contribution in [0.4, 0.5) is 5.82 Å². The fourth-order valence-corrected chi connectivity index (χ4v) is 2.91. The molecule has 4 heterocycles. The monoisotopic (exact) mass is 228 g/mol. The van der Waals surface area contributed by atoms with Crippen molar-refractivity contribution in [1.29, 1.82) is 5.26 Å². The largest absolute Gasteiger partial charge is 0.365 e. The summed E-state index contributed by atoms with van der Waals surface area (Å²) in [6.07, 6.45) is 4.28. The molecule has 1 N–H and O–H groups in total. The van der Waals surface area contributed by atoms with Crippen LogP contribution in [0, 0.1) is 17.2 Å². The molecular formula is C13H16N4. The van der Waals surface area contributed by atoms with Crippen LogP contribution in [0.3, 0.4) is 0 Å². The predicted molar refractivity (Wildman–Crippen MR) is 65.5 cm³/mol. The number of nitriles is 1. The third-order valence-electron chi connectivity index (χ3n) is 3.91. The molecular weight excluding hydrogens is 212 g/mol. The molecule has 1 atom stereocenters. The van der Waals surface area contributed by atoms with E-state index in [1.807, 2.05) is 6.07 Å². The molecule has 1 aromatic heterocycles. The van der Waals surface area contributed by atoms with E-state index in [-0.39, 0.29) is 0 Å². The zero-order valence-corrected chi connectivity index (χ0v) is 9.76. The average molecular weight is 228 g/mol. The first-order valence-electron chi connectivity index (χ1n) is 6.21. The second kappa shape index (κ2) is 4.34. The summed E-state index contributed by atoms with van der Waals surface area (Å²) in [6, 6.07) is 6.27. The molecule has 0 spiro atoms. The lowest BCUT2D eigenvalue weighted by Gasteiger charge is -2.45. The number of fused-ring (bicyclic) bond motifs is 3. The molecule has 0 aliphatic carbocycles. The smallest absolute Gasteiger partial charge is 0.144 e. The Labute approximate surface area is 101 Å². The second-order valence-corrected chi connectivity index (χ2v) is 4.90. The van der Waals surface area contributed by atoms with Crippen molar-refractivity contribution in [3.05, 3.63) is 23.9 Å². The first-order chi connectivity index (χ1) is 8.36. The van der Waals surface area contributed by atoms with Gasteiger partial charge in [0.2, 0.25) is 0 Å². The molecule has 0 aromatic carbocycles. The normalized spacial score (nSPS) is 30.9. The van der Waals surface area contributed by atoms with Gasteiger partial charge < -0.3 is 10.2 Å². The summed E-state index contributed by atoms with van der Waals surface area (Å²) in [5, 5.41) is 12.5. The lowest BCUT2D eigenvalue weighted by molar-refractivity contribution is 0.0974. The molecule has 3 fully saturated rings. The van der Waals surface area contributed by atoms with Crippen molar-refractivity contribution in [2.24, 2.45) is 5.92 Å². The maximum atomic E-state index is 9.04. The number of rotatable bonds is 2. The molecule has 88 valence electrons. The van der Waals surface area contributed by atoms with E-state index in [0.29, 0.717) is 11.6 Å². The number of hydrogen-bond acceptors (Lipinski definition) is 4. The van der Waals surface area contributed by atoms with E-state index < -0.39 is 0 Å². The fourth-order valence-electron chi connectivity index (χ4n) is 2.91. The Kier molecular flexibility index (Phi) is 2.69. The maximum Gasteiger partial charge on any atom is 0.144 e. The number of anilines is 1. The number of piperidine rings is 3. The summed E-state index contributed by atoms with van der Waals surface area (Å²) in [6.45, 7) is 3.55. The SMILES string of the molecule is N#Cc1cccnc1NC1CN2CCC1CC2. The molecule has 4 nitrogen and oxygen atoms in total. The van der Waals surface area contributed by atoms with Gasteiger partial charge in [-0.3, -0.25) is 0 Å². The molecule has 1 unspecified atom stereocenters. The van der Waals surface area contributed by atoms with Crippen LogP contribution in [0.1, 0.15) is 18.4 Å². The summed E-state index contributed by atoms with van der Waals surface area (Å²) in [5.74, 6) is 1.49. The lowest BCUT2D eigenvalue weighted by atomic mass is 9.84. The van der Waals surface area contributed by atoms with Gasteiger partial charge in [0, 0.05) is 18.8 Å². The number of aromatic nitrogens is 1. The van der Waals surface area contributed by atoms with E-state index >= 15 is 0 Å². The van der Waals surface area contributed by atoms with Gasteiger partial charge in [0.05, 0.1) is 5.56 Å². The van der Waals surface area contributed by atoms with Crippen LogP contribution >= 0.6 is 0 Å². The highest BCUT2D eigenvalue weighted by molar-refractivity contribution is 5.52. The zero-order chi connectivity index (χ0) is 11.7. The highest BCUT2D eigenvalue weighted by atomic mass is 15.2. The first kappa shape index (κ1) is 10.5. The van der Waals surface area contributed by atoms with Crippen LogP contribution in [-0.2, 0) is 0 Å². The molecule has 3 saturated heterocycles. The molecule has 0 saturated carbocycles.